The van der Waals surface area contributed by atoms with Crippen molar-refractivity contribution in [2.75, 3.05) is 25.6 Å². The largest absolute Gasteiger partial charge is 0.494 e. The van der Waals surface area contributed by atoms with Crippen LogP contribution in [0.1, 0.15) is 38.2 Å². The zero-order valence-electron chi connectivity index (χ0n) is 14.6. The molecule has 1 aromatic heterocycles. The number of halogens is 1. The van der Waals surface area contributed by atoms with E-state index in [0.717, 1.165) is 37.1 Å². The summed E-state index contributed by atoms with van der Waals surface area (Å²) in [5.74, 6) is 0.349. The molecule has 1 amide bonds. The molecule has 1 N–H and O–H groups in total. The number of hydrogen-bond acceptors (Lipinski definition) is 5. The first-order valence-electron chi connectivity index (χ1n) is 8.32. The lowest BCUT2D eigenvalue weighted by Gasteiger charge is -2.23. The third kappa shape index (κ3) is 3.71. The van der Waals surface area contributed by atoms with Gasteiger partial charge in [-0.3, -0.25) is 9.78 Å². The Balaban J connectivity index is 2.01. The fourth-order valence-electron chi connectivity index (χ4n) is 2.92. The molecule has 1 aromatic carbocycles. The minimum absolute atomic E-state index is 0.200. The van der Waals surface area contributed by atoms with E-state index in [9.17, 15) is 9.18 Å². The molecule has 25 heavy (non-hydrogen) atoms. The van der Waals surface area contributed by atoms with E-state index in [1.54, 1.807) is 7.11 Å². The summed E-state index contributed by atoms with van der Waals surface area (Å²) in [6, 6.07) is 3.86. The quantitative estimate of drug-likeness (QED) is 0.919. The van der Waals surface area contributed by atoms with Crippen LogP contribution in [-0.4, -0.2) is 41.9 Å². The van der Waals surface area contributed by atoms with Crippen molar-refractivity contribution in [1.29, 1.82) is 0 Å². The van der Waals surface area contributed by atoms with Gasteiger partial charge in [-0.2, -0.15) is 0 Å². The van der Waals surface area contributed by atoms with Gasteiger partial charge in [-0.25, -0.2) is 9.37 Å². The molecule has 1 aliphatic heterocycles. The molecular weight excluding hydrogens is 325 g/mol. The molecule has 134 valence electrons. The number of anilines is 1. The highest BCUT2D eigenvalue weighted by Gasteiger charge is 2.27. The predicted molar refractivity (Wildman–Crippen MR) is 92.7 cm³/mol. The van der Waals surface area contributed by atoms with E-state index in [2.05, 4.69) is 15.3 Å². The molecule has 3 rings (SSSR count). The average molecular weight is 347 g/mol. The number of hydrogen-bond donors (Lipinski definition) is 1. The topological polar surface area (TPSA) is 73.3 Å². The van der Waals surface area contributed by atoms with Gasteiger partial charge < -0.3 is 14.8 Å². The lowest BCUT2D eigenvalue weighted by molar-refractivity contribution is -0.125. The minimum Gasteiger partial charge on any atom is -0.494 e. The van der Waals surface area contributed by atoms with Gasteiger partial charge in [-0.1, -0.05) is 6.07 Å². The Morgan fingerprint density at radius 1 is 1.32 bits per heavy atom. The number of rotatable bonds is 4. The molecule has 2 heterocycles. The van der Waals surface area contributed by atoms with E-state index in [1.165, 1.54) is 20.0 Å². The molecule has 0 saturated carbocycles. The summed E-state index contributed by atoms with van der Waals surface area (Å²) in [5, 5.41) is 2.46. The van der Waals surface area contributed by atoms with Crippen molar-refractivity contribution in [2.45, 2.75) is 38.3 Å². The van der Waals surface area contributed by atoms with Crippen molar-refractivity contribution in [3.05, 3.63) is 23.9 Å². The van der Waals surface area contributed by atoms with Crippen LogP contribution in [0.3, 0.4) is 0 Å². The van der Waals surface area contributed by atoms with Crippen molar-refractivity contribution in [3.8, 4) is 5.75 Å². The van der Waals surface area contributed by atoms with E-state index >= 15 is 0 Å². The maximum atomic E-state index is 13.7. The third-order valence-corrected chi connectivity index (χ3v) is 4.36. The van der Waals surface area contributed by atoms with Crippen molar-refractivity contribution in [1.82, 2.24) is 9.97 Å². The van der Waals surface area contributed by atoms with Gasteiger partial charge in [0.2, 0.25) is 0 Å². The van der Waals surface area contributed by atoms with Crippen LogP contribution in [0.15, 0.2) is 18.3 Å². The smallest absolute Gasteiger partial charge is 0.262 e. The second-order valence-electron chi connectivity index (χ2n) is 6.62. The molecular formula is C18H22FN3O3. The van der Waals surface area contributed by atoms with E-state index in [-0.39, 0.29) is 5.82 Å². The first-order valence-corrected chi connectivity index (χ1v) is 8.32. The molecule has 0 radical (unpaired) electrons. The van der Waals surface area contributed by atoms with Crippen molar-refractivity contribution < 1.29 is 18.7 Å². The van der Waals surface area contributed by atoms with Gasteiger partial charge in [0.25, 0.3) is 5.91 Å². The number of methoxy groups -OCH3 is 1. The number of nitrogens with zero attached hydrogens (tertiary/aromatic N) is 2. The number of ether oxygens (including phenoxy) is 2. The third-order valence-electron chi connectivity index (χ3n) is 4.36. The van der Waals surface area contributed by atoms with Gasteiger partial charge in [0.15, 0.2) is 11.5 Å². The Kier molecular flexibility index (Phi) is 4.85. The van der Waals surface area contributed by atoms with E-state index in [1.807, 2.05) is 12.1 Å². The number of amides is 1. The Morgan fingerprint density at radius 2 is 2.04 bits per heavy atom. The van der Waals surface area contributed by atoms with Crippen LogP contribution in [0.5, 0.6) is 5.75 Å². The molecule has 7 heteroatoms. The molecule has 0 aliphatic carbocycles. The van der Waals surface area contributed by atoms with Gasteiger partial charge in [0.05, 0.1) is 18.8 Å². The van der Waals surface area contributed by atoms with Crippen LogP contribution in [0.25, 0.3) is 11.0 Å². The molecule has 0 unspecified atom stereocenters. The molecule has 2 aromatic rings. The van der Waals surface area contributed by atoms with E-state index < -0.39 is 11.6 Å². The van der Waals surface area contributed by atoms with Crippen LogP contribution in [-0.2, 0) is 9.53 Å². The fraction of sp³-hybridized carbons (Fsp3) is 0.500. The number of carbonyl (C=O) groups is 1. The molecule has 0 atom stereocenters. The van der Waals surface area contributed by atoms with Gasteiger partial charge in [-0.15, -0.1) is 0 Å². The van der Waals surface area contributed by atoms with Crippen LogP contribution in [0, 0.1) is 0 Å². The highest BCUT2D eigenvalue weighted by Crippen LogP contribution is 2.35. The summed E-state index contributed by atoms with van der Waals surface area (Å²) in [4.78, 5) is 20.8. The summed E-state index contributed by atoms with van der Waals surface area (Å²) in [6.45, 7) is 3.85. The summed E-state index contributed by atoms with van der Waals surface area (Å²) < 4.78 is 24.5. The second kappa shape index (κ2) is 6.92. The number of aromatic nitrogens is 2. The molecule has 6 nitrogen and oxygen atoms in total. The Morgan fingerprint density at radius 3 is 2.68 bits per heavy atom. The number of fused-ring (bicyclic) bond motifs is 1. The standard InChI is InChI=1S/C18H22FN3O3/c1-18(2,19)17(23)22-14-10-20-15-12(11-6-8-25-9-7-11)4-5-13(24-3)16(15)21-14/h4-5,10-11H,6-9H2,1-3H3,(H,21,22,23). The molecule has 1 fully saturated rings. The molecule has 0 spiro atoms. The highest BCUT2D eigenvalue weighted by atomic mass is 19.1. The van der Waals surface area contributed by atoms with Gasteiger partial charge in [-0.05, 0) is 44.2 Å². The maximum Gasteiger partial charge on any atom is 0.262 e. The fourth-order valence-corrected chi connectivity index (χ4v) is 2.92. The normalized spacial score (nSPS) is 16.0. The highest BCUT2D eigenvalue weighted by molar-refractivity contribution is 5.96. The number of benzene rings is 1. The summed E-state index contributed by atoms with van der Waals surface area (Å²) >= 11 is 0. The number of nitrogens with one attached hydrogen (secondary N) is 1. The zero-order chi connectivity index (χ0) is 18.0. The Labute approximate surface area is 145 Å². The van der Waals surface area contributed by atoms with Crippen molar-refractivity contribution in [2.24, 2.45) is 0 Å². The van der Waals surface area contributed by atoms with Crippen molar-refractivity contribution >= 4 is 22.8 Å². The average Bonchev–Trinajstić information content (AvgIpc) is 2.60. The lowest BCUT2D eigenvalue weighted by atomic mass is 9.90. The summed E-state index contributed by atoms with van der Waals surface area (Å²) in [7, 11) is 1.56. The molecule has 0 bridgehead atoms. The van der Waals surface area contributed by atoms with Crippen LogP contribution in [0.4, 0.5) is 10.2 Å². The second-order valence-corrected chi connectivity index (χ2v) is 6.62. The Bertz CT molecular complexity index is 783. The number of alkyl halides is 1. The Hall–Kier alpha value is -2.28. The van der Waals surface area contributed by atoms with E-state index in [4.69, 9.17) is 9.47 Å². The summed E-state index contributed by atoms with van der Waals surface area (Å²) in [5.41, 5.74) is 0.394. The summed E-state index contributed by atoms with van der Waals surface area (Å²) in [6.07, 6.45) is 3.31. The van der Waals surface area contributed by atoms with Crippen LogP contribution >= 0.6 is 0 Å². The SMILES string of the molecule is COc1ccc(C2CCOCC2)c2ncc(NC(=O)C(C)(C)F)nc12. The van der Waals surface area contributed by atoms with Gasteiger partial charge in [0, 0.05) is 13.2 Å². The zero-order valence-corrected chi connectivity index (χ0v) is 14.6. The van der Waals surface area contributed by atoms with E-state index in [0.29, 0.717) is 17.2 Å². The molecule has 1 aliphatic rings. The van der Waals surface area contributed by atoms with Gasteiger partial charge in [0.1, 0.15) is 11.3 Å². The monoisotopic (exact) mass is 347 g/mol. The first-order chi connectivity index (χ1) is 11.9. The van der Waals surface area contributed by atoms with Crippen LogP contribution in [0.2, 0.25) is 0 Å². The lowest BCUT2D eigenvalue weighted by Crippen LogP contribution is -2.32. The minimum atomic E-state index is -2.00. The predicted octanol–water partition coefficient (Wildman–Crippen LogP) is 3.22. The maximum absolute atomic E-state index is 13.7. The first kappa shape index (κ1) is 17.5. The van der Waals surface area contributed by atoms with Gasteiger partial charge >= 0.3 is 0 Å². The van der Waals surface area contributed by atoms with Crippen molar-refractivity contribution in [3.63, 3.8) is 0 Å². The number of carbonyl (C=O) groups excluding carboxylic acids is 1. The molecule has 1 saturated heterocycles. The van der Waals surface area contributed by atoms with Crippen LogP contribution < -0.4 is 10.1 Å².